The fourth-order valence-electron chi connectivity index (χ4n) is 5.67. The molecule has 180 valence electrons. The molecule has 1 amide bonds. The molecule has 2 aliphatic carbocycles. The second-order valence-electron chi connectivity index (χ2n) is 9.52. The zero-order valence-electron chi connectivity index (χ0n) is 18.6. The van der Waals surface area contributed by atoms with Crippen molar-refractivity contribution in [2.45, 2.75) is 38.1 Å². The normalized spacial score (nSPS) is 26.5. The maximum Gasteiger partial charge on any atom is 0.417 e. The van der Waals surface area contributed by atoms with E-state index in [9.17, 15) is 22.4 Å². The van der Waals surface area contributed by atoms with E-state index in [2.05, 4.69) is 15.0 Å². The van der Waals surface area contributed by atoms with E-state index in [4.69, 9.17) is 4.74 Å². The van der Waals surface area contributed by atoms with Crippen LogP contribution in [0.15, 0.2) is 48.9 Å². The topological polar surface area (TPSA) is 68.2 Å². The number of rotatable bonds is 4. The molecular formula is C25H20F4N4O2. The van der Waals surface area contributed by atoms with Crippen LogP contribution in [-0.4, -0.2) is 44.4 Å². The Labute approximate surface area is 198 Å². The Hall–Kier alpha value is -3.56. The smallest absolute Gasteiger partial charge is 0.417 e. The monoisotopic (exact) mass is 484 g/mol. The standard InChI is InChI=1S/C25H20F4N4O2/c1-13-7-16(20-17(26)3-2-6-30-20)21(32-10-13)23(34)33-12-15-8-24(15)9-18(22(24)33)35-19-5-4-14(11-31-19)25(27,28)29/h2-7,10-11,15,18,22H,8-9,12H2,1H3. The Morgan fingerprint density at radius 1 is 1.14 bits per heavy atom. The van der Waals surface area contributed by atoms with Gasteiger partial charge in [0.05, 0.1) is 11.6 Å². The third-order valence-corrected chi connectivity index (χ3v) is 7.39. The minimum atomic E-state index is -4.48. The molecule has 10 heteroatoms. The van der Waals surface area contributed by atoms with Gasteiger partial charge in [-0.05, 0) is 55.5 Å². The summed E-state index contributed by atoms with van der Waals surface area (Å²) in [7, 11) is 0. The Bertz CT molecular complexity index is 1330. The van der Waals surface area contributed by atoms with Gasteiger partial charge in [-0.15, -0.1) is 0 Å². The first-order valence-electron chi connectivity index (χ1n) is 11.3. The SMILES string of the molecule is Cc1cnc(C(=O)N2CC3CC34CC(Oc3ccc(C(F)(F)F)cn3)C24)c(-c2ncccc2F)c1. The number of aryl methyl sites for hydroxylation is 1. The average molecular weight is 484 g/mol. The van der Waals surface area contributed by atoms with E-state index in [1.807, 2.05) is 0 Å². The van der Waals surface area contributed by atoms with Crippen molar-refractivity contribution in [1.82, 2.24) is 19.9 Å². The van der Waals surface area contributed by atoms with Gasteiger partial charge in [0.1, 0.15) is 23.3 Å². The number of ether oxygens (including phenoxy) is 1. The minimum Gasteiger partial charge on any atom is -0.472 e. The highest BCUT2D eigenvalue weighted by atomic mass is 19.4. The largest absolute Gasteiger partial charge is 0.472 e. The molecule has 3 fully saturated rings. The van der Waals surface area contributed by atoms with Crippen molar-refractivity contribution in [1.29, 1.82) is 0 Å². The molecule has 0 N–H and O–H groups in total. The summed E-state index contributed by atoms with van der Waals surface area (Å²) < 4.78 is 59.0. The summed E-state index contributed by atoms with van der Waals surface area (Å²) in [5, 5.41) is 0. The van der Waals surface area contributed by atoms with Gasteiger partial charge in [0, 0.05) is 42.2 Å². The highest BCUT2D eigenvalue weighted by molar-refractivity contribution is 5.99. The van der Waals surface area contributed by atoms with E-state index < -0.39 is 23.7 Å². The van der Waals surface area contributed by atoms with Gasteiger partial charge < -0.3 is 9.64 Å². The van der Waals surface area contributed by atoms with E-state index in [1.165, 1.54) is 24.4 Å². The van der Waals surface area contributed by atoms with Crippen molar-refractivity contribution >= 4 is 5.91 Å². The molecule has 0 radical (unpaired) electrons. The molecule has 0 bridgehead atoms. The van der Waals surface area contributed by atoms with Crippen LogP contribution >= 0.6 is 0 Å². The number of alkyl halides is 3. The number of aromatic nitrogens is 3. The molecule has 3 aromatic heterocycles. The lowest BCUT2D eigenvalue weighted by Crippen LogP contribution is -2.59. The average Bonchev–Trinajstić information content (AvgIpc) is 3.47. The first kappa shape index (κ1) is 21.9. The summed E-state index contributed by atoms with van der Waals surface area (Å²) in [6.07, 6.45) is 0.574. The highest BCUT2D eigenvalue weighted by Gasteiger charge is 2.76. The molecule has 4 heterocycles. The van der Waals surface area contributed by atoms with Crippen molar-refractivity contribution in [2.75, 3.05) is 6.54 Å². The number of halogens is 4. The predicted octanol–water partition coefficient (Wildman–Crippen LogP) is 4.69. The number of piperidine rings is 1. The van der Waals surface area contributed by atoms with Crippen LogP contribution in [0.25, 0.3) is 11.3 Å². The number of hydrogen-bond donors (Lipinski definition) is 0. The van der Waals surface area contributed by atoms with Crippen LogP contribution in [0.2, 0.25) is 0 Å². The minimum absolute atomic E-state index is 0.0344. The lowest BCUT2D eigenvalue weighted by atomic mass is 9.73. The molecule has 4 unspecified atom stereocenters. The van der Waals surface area contributed by atoms with Gasteiger partial charge in [0.25, 0.3) is 5.91 Å². The number of likely N-dealkylation sites (tertiary alicyclic amines) is 1. The van der Waals surface area contributed by atoms with Gasteiger partial charge in [0.15, 0.2) is 0 Å². The highest BCUT2D eigenvalue weighted by Crippen LogP contribution is 2.71. The Kier molecular flexibility index (Phi) is 4.68. The van der Waals surface area contributed by atoms with Crippen LogP contribution in [0.3, 0.4) is 0 Å². The van der Waals surface area contributed by atoms with Gasteiger partial charge in [0.2, 0.25) is 5.88 Å². The van der Waals surface area contributed by atoms with Crippen molar-refractivity contribution in [3.63, 3.8) is 0 Å². The zero-order valence-corrected chi connectivity index (χ0v) is 18.6. The summed E-state index contributed by atoms with van der Waals surface area (Å²) in [6.45, 7) is 2.34. The number of carbonyl (C=O) groups excluding carboxylic acids is 1. The summed E-state index contributed by atoms with van der Waals surface area (Å²) in [6, 6.07) is 6.34. The number of pyridine rings is 3. The summed E-state index contributed by atoms with van der Waals surface area (Å²) in [4.78, 5) is 27.7. The third-order valence-electron chi connectivity index (χ3n) is 7.39. The van der Waals surface area contributed by atoms with Crippen LogP contribution in [0.5, 0.6) is 5.88 Å². The Morgan fingerprint density at radius 2 is 1.97 bits per heavy atom. The molecule has 4 atom stereocenters. The molecule has 6 nitrogen and oxygen atoms in total. The predicted molar refractivity (Wildman–Crippen MR) is 116 cm³/mol. The van der Waals surface area contributed by atoms with Crippen molar-refractivity contribution in [3.8, 4) is 17.1 Å². The maximum atomic E-state index is 14.5. The van der Waals surface area contributed by atoms with Gasteiger partial charge in [-0.3, -0.25) is 14.8 Å². The van der Waals surface area contributed by atoms with Gasteiger partial charge >= 0.3 is 6.18 Å². The lowest BCUT2D eigenvalue weighted by Gasteiger charge is -2.46. The molecular weight excluding hydrogens is 464 g/mol. The first-order chi connectivity index (χ1) is 16.7. The Morgan fingerprint density at radius 3 is 2.69 bits per heavy atom. The molecule has 1 spiro atoms. The number of hydrogen-bond acceptors (Lipinski definition) is 5. The maximum absolute atomic E-state index is 14.5. The van der Waals surface area contributed by atoms with Crippen LogP contribution in [0.4, 0.5) is 17.6 Å². The van der Waals surface area contributed by atoms with Gasteiger partial charge in [-0.25, -0.2) is 9.37 Å². The van der Waals surface area contributed by atoms with Gasteiger partial charge in [-0.2, -0.15) is 13.2 Å². The van der Waals surface area contributed by atoms with Gasteiger partial charge in [-0.1, -0.05) is 0 Å². The first-order valence-corrected chi connectivity index (χ1v) is 11.3. The molecule has 6 rings (SSSR count). The molecule has 1 saturated heterocycles. The molecule has 35 heavy (non-hydrogen) atoms. The van der Waals surface area contributed by atoms with Crippen molar-refractivity contribution in [3.05, 3.63) is 71.6 Å². The second-order valence-corrected chi connectivity index (χ2v) is 9.52. The lowest BCUT2D eigenvalue weighted by molar-refractivity contribution is -0.137. The third kappa shape index (κ3) is 3.45. The van der Waals surface area contributed by atoms with E-state index in [1.54, 1.807) is 24.1 Å². The summed E-state index contributed by atoms with van der Waals surface area (Å²) in [5.74, 6) is -0.459. The number of carbonyl (C=O) groups is 1. The Balaban J connectivity index is 1.27. The van der Waals surface area contributed by atoms with E-state index in [0.717, 1.165) is 24.2 Å². The van der Waals surface area contributed by atoms with Crippen LogP contribution in [-0.2, 0) is 6.18 Å². The number of amides is 1. The van der Waals surface area contributed by atoms with E-state index in [-0.39, 0.29) is 34.6 Å². The summed E-state index contributed by atoms with van der Waals surface area (Å²) >= 11 is 0. The second kappa shape index (κ2) is 7.47. The zero-order chi connectivity index (χ0) is 24.5. The fraction of sp³-hybridized carbons (Fsp3) is 0.360. The van der Waals surface area contributed by atoms with Crippen LogP contribution < -0.4 is 4.74 Å². The molecule has 0 aromatic carbocycles. The quantitative estimate of drug-likeness (QED) is 0.503. The van der Waals surface area contributed by atoms with Crippen LogP contribution in [0.1, 0.15) is 34.5 Å². The van der Waals surface area contributed by atoms with E-state index >= 15 is 0 Å². The molecule has 3 aliphatic rings. The van der Waals surface area contributed by atoms with Crippen molar-refractivity contribution < 1.29 is 27.1 Å². The molecule has 1 aliphatic heterocycles. The van der Waals surface area contributed by atoms with Crippen LogP contribution in [0, 0.1) is 24.1 Å². The molecule has 3 aromatic rings. The molecule has 2 saturated carbocycles. The fourth-order valence-corrected chi connectivity index (χ4v) is 5.67. The van der Waals surface area contributed by atoms with E-state index in [0.29, 0.717) is 24.4 Å². The van der Waals surface area contributed by atoms with Crippen molar-refractivity contribution in [2.24, 2.45) is 11.3 Å². The summed E-state index contributed by atoms with van der Waals surface area (Å²) in [5.41, 5.74) is 0.372. The number of nitrogens with zero attached hydrogens (tertiary/aromatic N) is 4.